The molecule has 0 aliphatic carbocycles. The Labute approximate surface area is 147 Å². The Morgan fingerprint density at radius 1 is 0.880 bits per heavy atom. The average Bonchev–Trinajstić information content (AvgIpc) is 2.67. The van der Waals surface area contributed by atoms with Crippen molar-refractivity contribution in [1.29, 1.82) is 0 Å². The van der Waals surface area contributed by atoms with E-state index in [4.69, 9.17) is 0 Å². The minimum atomic E-state index is -0.202. The number of aromatic nitrogens is 2. The van der Waals surface area contributed by atoms with Crippen LogP contribution in [-0.2, 0) is 6.42 Å². The van der Waals surface area contributed by atoms with Crippen LogP contribution in [0, 0.1) is 0 Å². The molecule has 0 fully saturated rings. The van der Waals surface area contributed by atoms with Crippen LogP contribution in [-0.4, -0.2) is 22.4 Å². The second-order valence-electron chi connectivity index (χ2n) is 5.62. The maximum Gasteiger partial charge on any atom is 0.271 e. The second-order valence-corrected chi connectivity index (χ2v) is 5.62. The van der Waals surface area contributed by atoms with Crippen molar-refractivity contribution in [3.05, 3.63) is 84.3 Å². The Bertz CT molecular complexity index is 789. The molecule has 0 aliphatic heterocycles. The maximum absolute atomic E-state index is 12.1. The monoisotopic (exact) mass is 332 g/mol. The van der Waals surface area contributed by atoms with Gasteiger partial charge in [-0.2, -0.15) is 0 Å². The van der Waals surface area contributed by atoms with Gasteiger partial charge in [0.15, 0.2) is 0 Å². The Kier molecular flexibility index (Phi) is 5.72. The van der Waals surface area contributed by atoms with E-state index in [1.165, 1.54) is 11.8 Å². The van der Waals surface area contributed by atoms with Crippen molar-refractivity contribution in [3.63, 3.8) is 0 Å². The lowest BCUT2D eigenvalue weighted by atomic mass is 10.1. The molecular weight excluding hydrogens is 312 g/mol. The zero-order valence-electron chi connectivity index (χ0n) is 13.9. The standard InChI is InChI=1S/C20H20N4O/c25-20(21-13-7-10-16-8-3-1-4-9-16)18-14-23-19(15-22-18)24-17-11-5-2-6-12-17/h1-6,8-9,11-12,14-15H,7,10,13H2,(H,21,25)(H,23,24). The SMILES string of the molecule is O=C(NCCCc1ccccc1)c1cnc(Nc2ccccc2)cn1. The summed E-state index contributed by atoms with van der Waals surface area (Å²) in [5.74, 6) is 0.402. The average molecular weight is 332 g/mol. The first-order valence-electron chi connectivity index (χ1n) is 8.27. The molecule has 0 atom stereocenters. The van der Waals surface area contributed by atoms with Crippen molar-refractivity contribution in [2.45, 2.75) is 12.8 Å². The highest BCUT2D eigenvalue weighted by Gasteiger charge is 2.07. The fourth-order valence-electron chi connectivity index (χ4n) is 2.41. The number of benzene rings is 2. The Morgan fingerprint density at radius 3 is 2.28 bits per heavy atom. The minimum Gasteiger partial charge on any atom is -0.351 e. The van der Waals surface area contributed by atoms with Crippen LogP contribution >= 0.6 is 0 Å². The largest absolute Gasteiger partial charge is 0.351 e. The Hall–Kier alpha value is -3.21. The number of carbonyl (C=O) groups is 1. The van der Waals surface area contributed by atoms with Gasteiger partial charge < -0.3 is 10.6 Å². The Balaban J connectivity index is 1.46. The molecule has 0 saturated heterocycles. The first kappa shape index (κ1) is 16.6. The summed E-state index contributed by atoms with van der Waals surface area (Å²) >= 11 is 0. The molecule has 1 aromatic heterocycles. The fourth-order valence-corrected chi connectivity index (χ4v) is 2.41. The van der Waals surface area contributed by atoms with Crippen LogP contribution in [0.4, 0.5) is 11.5 Å². The van der Waals surface area contributed by atoms with Crippen LogP contribution in [0.25, 0.3) is 0 Å². The van der Waals surface area contributed by atoms with E-state index in [0.717, 1.165) is 18.5 Å². The molecule has 2 N–H and O–H groups in total. The van der Waals surface area contributed by atoms with Gasteiger partial charge in [-0.25, -0.2) is 9.97 Å². The molecule has 1 amide bonds. The summed E-state index contributed by atoms with van der Waals surface area (Å²) in [4.78, 5) is 20.5. The molecule has 0 radical (unpaired) electrons. The quantitative estimate of drug-likeness (QED) is 0.649. The van der Waals surface area contributed by atoms with Gasteiger partial charge in [0.1, 0.15) is 11.5 Å². The second kappa shape index (κ2) is 8.59. The number of rotatable bonds is 7. The third kappa shape index (κ3) is 5.14. The molecule has 0 saturated carbocycles. The molecule has 25 heavy (non-hydrogen) atoms. The van der Waals surface area contributed by atoms with Crippen LogP contribution in [0.3, 0.4) is 0 Å². The molecule has 3 aromatic rings. The summed E-state index contributed by atoms with van der Waals surface area (Å²) in [7, 11) is 0. The van der Waals surface area contributed by atoms with E-state index >= 15 is 0 Å². The van der Waals surface area contributed by atoms with Gasteiger partial charge in [0.25, 0.3) is 5.91 Å². The molecular formula is C20H20N4O. The van der Waals surface area contributed by atoms with Crippen LogP contribution < -0.4 is 10.6 Å². The molecule has 126 valence electrons. The fraction of sp³-hybridized carbons (Fsp3) is 0.150. The van der Waals surface area contributed by atoms with Crippen molar-refractivity contribution in [3.8, 4) is 0 Å². The molecule has 5 nitrogen and oxygen atoms in total. The van der Waals surface area contributed by atoms with E-state index in [1.54, 1.807) is 6.20 Å². The number of anilines is 2. The number of amides is 1. The summed E-state index contributed by atoms with van der Waals surface area (Å²) in [6.45, 7) is 0.611. The minimum absolute atomic E-state index is 0.202. The van der Waals surface area contributed by atoms with Gasteiger partial charge in [0.2, 0.25) is 0 Å². The number of nitrogens with zero attached hydrogens (tertiary/aromatic N) is 2. The van der Waals surface area contributed by atoms with E-state index in [-0.39, 0.29) is 5.91 Å². The van der Waals surface area contributed by atoms with Crippen molar-refractivity contribution in [2.24, 2.45) is 0 Å². The van der Waals surface area contributed by atoms with Crippen LogP contribution in [0.15, 0.2) is 73.1 Å². The van der Waals surface area contributed by atoms with Crippen molar-refractivity contribution in [1.82, 2.24) is 15.3 Å². The number of carbonyl (C=O) groups excluding carboxylic acids is 1. The number of nitrogens with one attached hydrogen (secondary N) is 2. The molecule has 1 heterocycles. The summed E-state index contributed by atoms with van der Waals surface area (Å²) < 4.78 is 0. The highest BCUT2D eigenvalue weighted by molar-refractivity contribution is 5.92. The number of hydrogen-bond acceptors (Lipinski definition) is 4. The third-order valence-electron chi connectivity index (χ3n) is 3.70. The summed E-state index contributed by atoms with van der Waals surface area (Å²) in [5.41, 5.74) is 2.51. The van der Waals surface area contributed by atoms with Gasteiger partial charge in [-0.05, 0) is 30.5 Å². The van der Waals surface area contributed by atoms with Gasteiger partial charge >= 0.3 is 0 Å². The summed E-state index contributed by atoms with van der Waals surface area (Å²) in [6.07, 6.45) is 4.87. The normalized spacial score (nSPS) is 10.2. The Morgan fingerprint density at radius 2 is 1.60 bits per heavy atom. The smallest absolute Gasteiger partial charge is 0.271 e. The van der Waals surface area contributed by atoms with E-state index in [9.17, 15) is 4.79 Å². The van der Waals surface area contributed by atoms with Crippen molar-refractivity contribution >= 4 is 17.4 Å². The highest BCUT2D eigenvalue weighted by Crippen LogP contribution is 2.12. The van der Waals surface area contributed by atoms with Crippen LogP contribution in [0.5, 0.6) is 0 Å². The predicted octanol–water partition coefficient (Wildman–Crippen LogP) is 3.58. The highest BCUT2D eigenvalue weighted by atomic mass is 16.1. The van der Waals surface area contributed by atoms with Crippen molar-refractivity contribution in [2.75, 3.05) is 11.9 Å². The number of para-hydroxylation sites is 1. The molecule has 2 aromatic carbocycles. The molecule has 0 spiro atoms. The molecule has 0 bridgehead atoms. The molecule has 0 unspecified atom stereocenters. The lowest BCUT2D eigenvalue weighted by Gasteiger charge is -2.07. The lowest BCUT2D eigenvalue weighted by molar-refractivity contribution is 0.0948. The van der Waals surface area contributed by atoms with E-state index in [0.29, 0.717) is 18.1 Å². The lowest BCUT2D eigenvalue weighted by Crippen LogP contribution is -2.25. The van der Waals surface area contributed by atoms with E-state index in [2.05, 4.69) is 32.7 Å². The van der Waals surface area contributed by atoms with E-state index in [1.807, 2.05) is 48.5 Å². The summed E-state index contributed by atoms with van der Waals surface area (Å²) in [6, 6.07) is 19.9. The van der Waals surface area contributed by atoms with Gasteiger partial charge in [-0.1, -0.05) is 48.5 Å². The molecule has 3 rings (SSSR count). The maximum atomic E-state index is 12.1. The zero-order chi connectivity index (χ0) is 17.3. The molecule has 5 heteroatoms. The van der Waals surface area contributed by atoms with Crippen molar-refractivity contribution < 1.29 is 4.79 Å². The van der Waals surface area contributed by atoms with Gasteiger partial charge in [-0.15, -0.1) is 0 Å². The van der Waals surface area contributed by atoms with Crippen LogP contribution in [0.1, 0.15) is 22.5 Å². The molecule has 0 aliphatic rings. The zero-order valence-corrected chi connectivity index (χ0v) is 13.9. The van der Waals surface area contributed by atoms with Gasteiger partial charge in [0, 0.05) is 12.2 Å². The van der Waals surface area contributed by atoms with Gasteiger partial charge in [-0.3, -0.25) is 4.79 Å². The van der Waals surface area contributed by atoms with Crippen LogP contribution in [0.2, 0.25) is 0 Å². The topological polar surface area (TPSA) is 66.9 Å². The number of aryl methyl sites for hydroxylation is 1. The van der Waals surface area contributed by atoms with E-state index < -0.39 is 0 Å². The third-order valence-corrected chi connectivity index (χ3v) is 3.70. The number of hydrogen-bond donors (Lipinski definition) is 2. The first-order chi connectivity index (χ1) is 12.3. The predicted molar refractivity (Wildman–Crippen MR) is 98.9 cm³/mol. The first-order valence-corrected chi connectivity index (χ1v) is 8.27. The van der Waals surface area contributed by atoms with Gasteiger partial charge in [0.05, 0.1) is 12.4 Å². The summed E-state index contributed by atoms with van der Waals surface area (Å²) in [5, 5.41) is 6.01.